The van der Waals surface area contributed by atoms with E-state index in [1.54, 1.807) is 6.92 Å². The summed E-state index contributed by atoms with van der Waals surface area (Å²) in [5, 5.41) is 3.22. The maximum atomic E-state index is 14.2. The Morgan fingerprint density at radius 3 is 2.20 bits per heavy atom. The minimum Gasteiger partial charge on any atom is -0.313 e. The van der Waals surface area contributed by atoms with E-state index in [2.05, 4.69) is 5.32 Å². The molecule has 1 fully saturated rings. The fourth-order valence-electron chi connectivity index (χ4n) is 3.37. The Balaban J connectivity index is 2.24. The fraction of sp³-hybridized carbons (Fsp3) is 0.647. The van der Waals surface area contributed by atoms with Gasteiger partial charge in [0.05, 0.1) is 0 Å². The van der Waals surface area contributed by atoms with Crippen molar-refractivity contribution in [1.82, 2.24) is 5.32 Å². The van der Waals surface area contributed by atoms with Crippen molar-refractivity contribution in [2.24, 2.45) is 5.92 Å². The van der Waals surface area contributed by atoms with Crippen LogP contribution in [0.5, 0.6) is 0 Å². The second-order valence-electron chi connectivity index (χ2n) is 5.99. The summed E-state index contributed by atoms with van der Waals surface area (Å²) < 4.78 is 28.0. The lowest BCUT2D eigenvalue weighted by atomic mass is 9.82. The molecule has 1 N–H and O–H groups in total. The van der Waals surface area contributed by atoms with Crippen LogP contribution < -0.4 is 5.32 Å². The quantitative estimate of drug-likeness (QED) is 0.831. The molecule has 1 aromatic rings. The van der Waals surface area contributed by atoms with E-state index >= 15 is 0 Å². The highest BCUT2D eigenvalue weighted by atomic mass is 19.1. The van der Waals surface area contributed by atoms with Crippen LogP contribution in [0.1, 0.15) is 62.1 Å². The lowest BCUT2D eigenvalue weighted by Gasteiger charge is -2.29. The minimum atomic E-state index is -0.313. The first-order valence-electron chi connectivity index (χ1n) is 7.76. The van der Waals surface area contributed by atoms with Gasteiger partial charge in [-0.1, -0.05) is 32.1 Å². The number of benzene rings is 1. The van der Waals surface area contributed by atoms with E-state index in [0.29, 0.717) is 17.0 Å². The summed E-state index contributed by atoms with van der Waals surface area (Å²) in [5.41, 5.74) is 0.861. The zero-order valence-corrected chi connectivity index (χ0v) is 12.5. The average molecular weight is 281 g/mol. The molecule has 3 heteroatoms. The van der Waals surface area contributed by atoms with Gasteiger partial charge in [0.15, 0.2) is 0 Å². The van der Waals surface area contributed by atoms with Gasteiger partial charge in [-0.25, -0.2) is 8.78 Å². The van der Waals surface area contributed by atoms with Gasteiger partial charge in [-0.05, 0) is 50.4 Å². The summed E-state index contributed by atoms with van der Waals surface area (Å²) in [7, 11) is 1.85. The van der Waals surface area contributed by atoms with Crippen LogP contribution in [0.3, 0.4) is 0 Å². The molecule has 0 aromatic heterocycles. The molecule has 1 aliphatic carbocycles. The van der Waals surface area contributed by atoms with E-state index < -0.39 is 0 Å². The van der Waals surface area contributed by atoms with Crippen LogP contribution in [0.25, 0.3) is 0 Å². The molecule has 112 valence electrons. The Morgan fingerprint density at radius 1 is 1.00 bits per heavy atom. The second kappa shape index (κ2) is 7.16. The van der Waals surface area contributed by atoms with Crippen molar-refractivity contribution in [1.29, 1.82) is 0 Å². The van der Waals surface area contributed by atoms with Gasteiger partial charge in [-0.2, -0.15) is 0 Å². The molecule has 0 aliphatic heterocycles. The lowest BCUT2D eigenvalue weighted by molar-refractivity contribution is 0.293. The number of rotatable bonds is 3. The van der Waals surface area contributed by atoms with Crippen molar-refractivity contribution >= 4 is 0 Å². The van der Waals surface area contributed by atoms with Gasteiger partial charge in [-0.3, -0.25) is 0 Å². The first-order chi connectivity index (χ1) is 9.63. The Morgan fingerprint density at radius 2 is 1.60 bits per heavy atom. The Kier molecular flexibility index (Phi) is 5.53. The van der Waals surface area contributed by atoms with Gasteiger partial charge in [-0.15, -0.1) is 0 Å². The monoisotopic (exact) mass is 281 g/mol. The third-order valence-corrected chi connectivity index (χ3v) is 4.55. The molecule has 2 rings (SSSR count). The molecule has 0 radical (unpaired) electrons. The van der Waals surface area contributed by atoms with Gasteiger partial charge in [0, 0.05) is 11.6 Å². The van der Waals surface area contributed by atoms with E-state index in [9.17, 15) is 8.78 Å². The number of hydrogen-bond acceptors (Lipinski definition) is 1. The molecule has 1 atom stereocenters. The van der Waals surface area contributed by atoms with Crippen molar-refractivity contribution < 1.29 is 8.78 Å². The molecule has 1 nitrogen and oxygen atoms in total. The first kappa shape index (κ1) is 15.4. The van der Waals surface area contributed by atoms with Crippen LogP contribution in [0.15, 0.2) is 12.1 Å². The summed E-state index contributed by atoms with van der Waals surface area (Å²) in [5.74, 6) is -0.199. The van der Waals surface area contributed by atoms with E-state index in [-0.39, 0.29) is 17.7 Å². The van der Waals surface area contributed by atoms with Crippen molar-refractivity contribution in [2.45, 2.75) is 57.9 Å². The van der Waals surface area contributed by atoms with Crippen LogP contribution in [0.2, 0.25) is 0 Å². The Hall–Kier alpha value is -0.960. The molecule has 1 saturated carbocycles. The molecule has 1 aromatic carbocycles. The molecule has 1 aliphatic rings. The van der Waals surface area contributed by atoms with E-state index in [0.717, 1.165) is 12.8 Å². The van der Waals surface area contributed by atoms with Gasteiger partial charge in [0.2, 0.25) is 0 Å². The minimum absolute atomic E-state index is 0.0804. The number of nitrogens with one attached hydrogen (secondary N) is 1. The number of aryl methyl sites for hydroxylation is 1. The van der Waals surface area contributed by atoms with Crippen LogP contribution in [0, 0.1) is 24.5 Å². The van der Waals surface area contributed by atoms with E-state index in [1.165, 1.54) is 44.2 Å². The summed E-state index contributed by atoms with van der Waals surface area (Å²) in [6.07, 6.45) is 8.41. The van der Waals surface area contributed by atoms with Gasteiger partial charge < -0.3 is 5.32 Å². The van der Waals surface area contributed by atoms with Crippen molar-refractivity contribution in [3.63, 3.8) is 0 Å². The summed E-state index contributed by atoms with van der Waals surface area (Å²) >= 11 is 0. The Bertz CT molecular complexity index is 437. The van der Waals surface area contributed by atoms with Crippen molar-refractivity contribution in [3.8, 4) is 0 Å². The average Bonchev–Trinajstić information content (AvgIpc) is 2.38. The third kappa shape index (κ3) is 3.57. The smallest absolute Gasteiger partial charge is 0.128 e. The van der Waals surface area contributed by atoms with Gasteiger partial charge in [0.1, 0.15) is 11.6 Å². The Labute approximate surface area is 120 Å². The second-order valence-corrected chi connectivity index (χ2v) is 5.99. The number of halogens is 2. The van der Waals surface area contributed by atoms with Crippen LogP contribution in [-0.2, 0) is 0 Å². The first-order valence-corrected chi connectivity index (χ1v) is 7.76. The predicted molar refractivity (Wildman–Crippen MR) is 78.7 cm³/mol. The standard InChI is InChI=1S/C17H25F2N/c1-12-10-16(19)14(11-15(12)18)17(20-2)13-8-6-4-3-5-7-9-13/h10-11,13,17,20H,3-9H2,1-2H3. The fourth-order valence-corrected chi connectivity index (χ4v) is 3.37. The topological polar surface area (TPSA) is 12.0 Å². The largest absolute Gasteiger partial charge is 0.313 e. The predicted octanol–water partition coefficient (Wildman–Crippen LogP) is 4.89. The summed E-state index contributed by atoms with van der Waals surface area (Å²) in [6, 6.07) is 2.62. The zero-order chi connectivity index (χ0) is 14.5. The van der Waals surface area contributed by atoms with Crippen LogP contribution in [-0.4, -0.2) is 7.05 Å². The van der Waals surface area contributed by atoms with Crippen LogP contribution in [0.4, 0.5) is 8.78 Å². The lowest BCUT2D eigenvalue weighted by Crippen LogP contribution is -2.27. The van der Waals surface area contributed by atoms with E-state index in [1.807, 2.05) is 7.05 Å². The highest BCUT2D eigenvalue weighted by Crippen LogP contribution is 2.34. The van der Waals surface area contributed by atoms with Gasteiger partial charge in [0.25, 0.3) is 0 Å². The maximum absolute atomic E-state index is 14.2. The number of hydrogen-bond donors (Lipinski definition) is 1. The highest BCUT2D eigenvalue weighted by Gasteiger charge is 2.25. The highest BCUT2D eigenvalue weighted by molar-refractivity contribution is 5.28. The summed E-state index contributed by atoms with van der Waals surface area (Å²) in [6.45, 7) is 1.60. The molecule has 0 heterocycles. The van der Waals surface area contributed by atoms with Crippen LogP contribution >= 0.6 is 0 Å². The summed E-state index contributed by atoms with van der Waals surface area (Å²) in [4.78, 5) is 0. The molecular formula is C17H25F2N. The van der Waals surface area contributed by atoms with Crippen molar-refractivity contribution in [3.05, 3.63) is 34.9 Å². The SMILES string of the molecule is CNC(c1cc(F)c(C)cc1F)C1CCCCCCC1. The third-order valence-electron chi connectivity index (χ3n) is 4.55. The normalized spacial score (nSPS) is 19.4. The maximum Gasteiger partial charge on any atom is 0.128 e. The molecular weight excluding hydrogens is 256 g/mol. The molecule has 0 bridgehead atoms. The van der Waals surface area contributed by atoms with Crippen molar-refractivity contribution in [2.75, 3.05) is 7.05 Å². The van der Waals surface area contributed by atoms with Gasteiger partial charge >= 0.3 is 0 Å². The molecule has 20 heavy (non-hydrogen) atoms. The molecule has 0 spiro atoms. The molecule has 1 unspecified atom stereocenters. The van der Waals surface area contributed by atoms with E-state index in [4.69, 9.17) is 0 Å². The molecule has 0 amide bonds. The molecule has 0 saturated heterocycles. The zero-order valence-electron chi connectivity index (χ0n) is 12.5.